The van der Waals surface area contributed by atoms with E-state index in [0.717, 1.165) is 17.2 Å². The molecule has 102 valence electrons. The van der Waals surface area contributed by atoms with Crippen LogP contribution in [0.2, 0.25) is 0 Å². The van der Waals surface area contributed by atoms with Crippen LogP contribution in [-0.2, 0) is 0 Å². The Morgan fingerprint density at radius 2 is 2.05 bits per heavy atom. The first-order chi connectivity index (χ1) is 9.02. The Morgan fingerprint density at radius 3 is 2.68 bits per heavy atom. The van der Waals surface area contributed by atoms with Gasteiger partial charge in [-0.2, -0.15) is 0 Å². The zero-order valence-electron chi connectivity index (χ0n) is 11.9. The molecule has 0 aromatic rings. The van der Waals surface area contributed by atoms with Gasteiger partial charge in [-0.1, -0.05) is 23.9 Å². The average Bonchev–Trinajstić information content (AvgIpc) is 2.87. The minimum absolute atomic E-state index is 0.396. The fraction of sp³-hybridized carbons (Fsp3) is 0.467. The number of hydrogen-bond acceptors (Lipinski definition) is 4. The Labute approximate surface area is 119 Å². The van der Waals surface area contributed by atoms with Crippen LogP contribution in [0.3, 0.4) is 0 Å². The summed E-state index contributed by atoms with van der Waals surface area (Å²) in [5, 5.41) is 1.07. The molecule has 0 atom stereocenters. The van der Waals surface area contributed by atoms with Crippen molar-refractivity contribution in [2.45, 2.75) is 39.5 Å². The summed E-state index contributed by atoms with van der Waals surface area (Å²) in [7, 11) is 1.83. The molecular formula is C15H21N3S. The second-order valence-electron chi connectivity index (χ2n) is 4.94. The molecule has 0 heterocycles. The highest BCUT2D eigenvalue weighted by atomic mass is 32.2. The van der Waals surface area contributed by atoms with E-state index in [1.54, 1.807) is 17.3 Å². The smallest absolute Gasteiger partial charge is 0.116 e. The molecule has 0 aromatic carbocycles. The van der Waals surface area contributed by atoms with Crippen LogP contribution in [0, 0.1) is 0 Å². The van der Waals surface area contributed by atoms with E-state index in [0.29, 0.717) is 5.82 Å². The Bertz CT molecular complexity index is 536. The summed E-state index contributed by atoms with van der Waals surface area (Å²) in [6.07, 6.45) is 4.58. The lowest BCUT2D eigenvalue weighted by atomic mass is 10.0. The van der Waals surface area contributed by atoms with Gasteiger partial charge in [0.2, 0.25) is 0 Å². The first-order valence-electron chi connectivity index (χ1n) is 6.58. The highest BCUT2D eigenvalue weighted by Gasteiger charge is 2.30. The quantitative estimate of drug-likeness (QED) is 0.615. The summed E-state index contributed by atoms with van der Waals surface area (Å²) in [5.41, 5.74) is 11.1. The van der Waals surface area contributed by atoms with Crippen molar-refractivity contribution in [3.05, 3.63) is 34.0 Å². The van der Waals surface area contributed by atoms with Crippen molar-refractivity contribution in [1.29, 1.82) is 0 Å². The molecule has 4 heteroatoms. The van der Waals surface area contributed by atoms with Crippen molar-refractivity contribution in [2.75, 3.05) is 7.05 Å². The standard InChI is InChI=1S/C15H21N3S/c1-9(19-11(3)17-4)15-13-7-5-6-12(13)8-14(15)18-10(2)16/h2,5-8,16H2,1,3-4H3/b15-9+,17-11?,18-14-. The fourth-order valence-corrected chi connectivity index (χ4v) is 3.65. The van der Waals surface area contributed by atoms with Crippen LogP contribution in [0.15, 0.2) is 44.0 Å². The molecule has 0 radical (unpaired) electrons. The second-order valence-corrected chi connectivity index (χ2v) is 6.35. The molecule has 2 rings (SSSR count). The lowest BCUT2D eigenvalue weighted by Crippen LogP contribution is -2.05. The predicted molar refractivity (Wildman–Crippen MR) is 85.6 cm³/mol. The van der Waals surface area contributed by atoms with Crippen molar-refractivity contribution in [1.82, 2.24) is 0 Å². The van der Waals surface area contributed by atoms with Crippen molar-refractivity contribution in [3.63, 3.8) is 0 Å². The lowest BCUT2D eigenvalue weighted by molar-refractivity contribution is 0.883. The first kappa shape index (κ1) is 14.1. The van der Waals surface area contributed by atoms with E-state index in [4.69, 9.17) is 5.73 Å². The maximum Gasteiger partial charge on any atom is 0.116 e. The molecule has 2 aliphatic rings. The van der Waals surface area contributed by atoms with Gasteiger partial charge in [0.1, 0.15) is 5.82 Å². The second kappa shape index (κ2) is 5.78. The monoisotopic (exact) mass is 275 g/mol. The van der Waals surface area contributed by atoms with Crippen LogP contribution >= 0.6 is 11.8 Å². The Balaban J connectivity index is 2.41. The third kappa shape index (κ3) is 3.00. The molecule has 2 N–H and O–H groups in total. The minimum atomic E-state index is 0.396. The maximum absolute atomic E-state index is 5.66. The highest BCUT2D eigenvalue weighted by Crippen LogP contribution is 2.44. The van der Waals surface area contributed by atoms with E-state index in [1.807, 2.05) is 14.0 Å². The molecule has 3 nitrogen and oxygen atoms in total. The number of rotatable bonds is 2. The van der Waals surface area contributed by atoms with Gasteiger partial charge in [-0.25, -0.2) is 4.99 Å². The minimum Gasteiger partial charge on any atom is -0.384 e. The van der Waals surface area contributed by atoms with E-state index in [9.17, 15) is 0 Å². The van der Waals surface area contributed by atoms with Gasteiger partial charge in [0.05, 0.1) is 10.8 Å². The van der Waals surface area contributed by atoms with Crippen LogP contribution in [0.4, 0.5) is 0 Å². The summed E-state index contributed by atoms with van der Waals surface area (Å²) >= 11 is 1.72. The van der Waals surface area contributed by atoms with Gasteiger partial charge in [0.25, 0.3) is 0 Å². The molecule has 0 bridgehead atoms. The van der Waals surface area contributed by atoms with Crippen LogP contribution < -0.4 is 5.73 Å². The highest BCUT2D eigenvalue weighted by molar-refractivity contribution is 8.17. The van der Waals surface area contributed by atoms with Gasteiger partial charge in [0.15, 0.2) is 0 Å². The fourth-order valence-electron chi connectivity index (χ4n) is 2.77. The van der Waals surface area contributed by atoms with E-state index in [1.165, 1.54) is 35.3 Å². The van der Waals surface area contributed by atoms with Crippen LogP contribution in [-0.4, -0.2) is 17.8 Å². The predicted octanol–water partition coefficient (Wildman–Crippen LogP) is 3.80. The van der Waals surface area contributed by atoms with Gasteiger partial charge in [0, 0.05) is 19.0 Å². The summed E-state index contributed by atoms with van der Waals surface area (Å²) in [6.45, 7) is 7.89. The molecule has 0 unspecified atom stereocenters. The summed E-state index contributed by atoms with van der Waals surface area (Å²) in [4.78, 5) is 9.93. The normalized spacial score (nSPS) is 24.2. The first-order valence-corrected chi connectivity index (χ1v) is 7.40. The molecule has 0 amide bonds. The number of hydrogen-bond donors (Lipinski definition) is 1. The zero-order chi connectivity index (χ0) is 14.0. The van der Waals surface area contributed by atoms with E-state index in [2.05, 4.69) is 23.5 Å². The number of allylic oxidation sites excluding steroid dienone is 4. The number of nitrogens with zero attached hydrogens (tertiary/aromatic N) is 2. The van der Waals surface area contributed by atoms with Gasteiger partial charge in [-0.05, 0) is 43.6 Å². The van der Waals surface area contributed by atoms with Crippen LogP contribution in [0.25, 0.3) is 0 Å². The molecule has 2 aliphatic carbocycles. The summed E-state index contributed by atoms with van der Waals surface area (Å²) in [6, 6.07) is 0. The molecule has 19 heavy (non-hydrogen) atoms. The molecular weight excluding hydrogens is 254 g/mol. The van der Waals surface area contributed by atoms with Gasteiger partial charge < -0.3 is 5.73 Å². The Kier molecular flexibility index (Phi) is 4.30. The summed E-state index contributed by atoms with van der Waals surface area (Å²) in [5.74, 6) is 0.396. The van der Waals surface area contributed by atoms with Crippen molar-refractivity contribution < 1.29 is 0 Å². The molecule has 0 aromatic heterocycles. The van der Waals surface area contributed by atoms with E-state index in [-0.39, 0.29) is 0 Å². The number of nitrogens with two attached hydrogens (primary N) is 1. The van der Waals surface area contributed by atoms with Gasteiger partial charge in [-0.3, -0.25) is 4.99 Å². The third-order valence-corrected chi connectivity index (χ3v) is 4.54. The largest absolute Gasteiger partial charge is 0.384 e. The number of aliphatic imine (C=N–C) groups is 2. The zero-order valence-corrected chi connectivity index (χ0v) is 12.7. The molecule has 0 fully saturated rings. The Hall–Kier alpha value is -1.29. The summed E-state index contributed by atoms with van der Waals surface area (Å²) < 4.78 is 0. The lowest BCUT2D eigenvalue weighted by Gasteiger charge is -2.11. The van der Waals surface area contributed by atoms with Gasteiger partial charge >= 0.3 is 0 Å². The molecule has 0 saturated carbocycles. The van der Waals surface area contributed by atoms with Crippen molar-refractivity contribution in [3.8, 4) is 0 Å². The number of thioether (sulfide) groups is 1. The van der Waals surface area contributed by atoms with E-state index >= 15 is 0 Å². The SMILES string of the molecule is C=C(N)/N=C1/CC2=C(CCC2)/C1=C(/C)SC(C)=NC. The van der Waals surface area contributed by atoms with Crippen LogP contribution in [0.5, 0.6) is 0 Å². The van der Waals surface area contributed by atoms with Gasteiger partial charge in [-0.15, -0.1) is 0 Å². The van der Waals surface area contributed by atoms with E-state index < -0.39 is 0 Å². The molecule has 0 saturated heterocycles. The third-order valence-electron chi connectivity index (χ3n) is 3.55. The average molecular weight is 275 g/mol. The van der Waals surface area contributed by atoms with Crippen molar-refractivity contribution in [2.24, 2.45) is 15.7 Å². The molecule has 0 aliphatic heterocycles. The van der Waals surface area contributed by atoms with Crippen LogP contribution in [0.1, 0.15) is 39.5 Å². The van der Waals surface area contributed by atoms with Crippen molar-refractivity contribution >= 4 is 22.5 Å². The Morgan fingerprint density at radius 1 is 1.32 bits per heavy atom. The molecule has 0 spiro atoms. The maximum atomic E-state index is 5.66. The topological polar surface area (TPSA) is 50.7 Å².